The SMILES string of the molecule is CCc1ccccc1C(CN)N(C)Cc1cccc(F)c1. The molecule has 2 N–H and O–H groups in total. The molecule has 0 spiro atoms. The van der Waals surface area contributed by atoms with Gasteiger partial charge in [-0.25, -0.2) is 4.39 Å². The summed E-state index contributed by atoms with van der Waals surface area (Å²) in [6.07, 6.45) is 0.987. The molecule has 0 radical (unpaired) electrons. The van der Waals surface area contributed by atoms with Crippen molar-refractivity contribution in [1.29, 1.82) is 0 Å². The summed E-state index contributed by atoms with van der Waals surface area (Å²) in [6, 6.07) is 15.3. The van der Waals surface area contributed by atoms with Crippen LogP contribution in [-0.2, 0) is 13.0 Å². The van der Waals surface area contributed by atoms with E-state index in [1.165, 1.54) is 17.2 Å². The first kappa shape index (κ1) is 15.7. The molecule has 0 aliphatic carbocycles. The number of rotatable bonds is 6. The van der Waals surface area contributed by atoms with Crippen molar-refractivity contribution in [2.24, 2.45) is 5.73 Å². The third-order valence-corrected chi connectivity index (χ3v) is 3.87. The van der Waals surface area contributed by atoms with Crippen LogP contribution in [0.4, 0.5) is 4.39 Å². The highest BCUT2D eigenvalue weighted by Crippen LogP contribution is 2.24. The van der Waals surface area contributed by atoms with Gasteiger partial charge in [-0.15, -0.1) is 0 Å². The second-order valence-electron chi connectivity index (χ2n) is 5.35. The van der Waals surface area contributed by atoms with Crippen molar-refractivity contribution in [3.63, 3.8) is 0 Å². The molecule has 1 unspecified atom stereocenters. The Labute approximate surface area is 126 Å². The molecule has 0 saturated carbocycles. The van der Waals surface area contributed by atoms with E-state index in [1.807, 2.05) is 19.2 Å². The maximum atomic E-state index is 13.3. The molecule has 0 amide bonds. The van der Waals surface area contributed by atoms with Crippen molar-refractivity contribution in [2.45, 2.75) is 25.9 Å². The summed E-state index contributed by atoms with van der Waals surface area (Å²) < 4.78 is 13.3. The Balaban J connectivity index is 2.20. The number of nitrogens with zero attached hydrogens (tertiary/aromatic N) is 1. The average Bonchev–Trinajstić information content (AvgIpc) is 2.48. The van der Waals surface area contributed by atoms with Gasteiger partial charge >= 0.3 is 0 Å². The molecule has 0 heterocycles. The maximum absolute atomic E-state index is 13.3. The Morgan fingerprint density at radius 2 is 1.90 bits per heavy atom. The van der Waals surface area contributed by atoms with Crippen LogP contribution in [0.25, 0.3) is 0 Å². The van der Waals surface area contributed by atoms with Crippen LogP contribution >= 0.6 is 0 Å². The van der Waals surface area contributed by atoms with E-state index < -0.39 is 0 Å². The van der Waals surface area contributed by atoms with E-state index in [2.05, 4.69) is 30.0 Å². The van der Waals surface area contributed by atoms with Gasteiger partial charge in [0.25, 0.3) is 0 Å². The molecule has 0 fully saturated rings. The van der Waals surface area contributed by atoms with Crippen LogP contribution in [0.15, 0.2) is 48.5 Å². The summed E-state index contributed by atoms with van der Waals surface area (Å²) in [5.41, 5.74) is 9.54. The van der Waals surface area contributed by atoms with Gasteiger partial charge in [-0.05, 0) is 42.3 Å². The fourth-order valence-corrected chi connectivity index (χ4v) is 2.76. The van der Waals surface area contributed by atoms with Gasteiger partial charge in [0.2, 0.25) is 0 Å². The number of hydrogen-bond donors (Lipinski definition) is 1. The summed E-state index contributed by atoms with van der Waals surface area (Å²) in [7, 11) is 2.04. The number of nitrogens with two attached hydrogens (primary N) is 1. The van der Waals surface area contributed by atoms with Crippen molar-refractivity contribution < 1.29 is 4.39 Å². The lowest BCUT2D eigenvalue weighted by atomic mass is 9.97. The molecule has 2 aromatic rings. The Morgan fingerprint density at radius 3 is 2.57 bits per heavy atom. The van der Waals surface area contributed by atoms with Crippen molar-refractivity contribution in [1.82, 2.24) is 4.90 Å². The van der Waals surface area contributed by atoms with E-state index in [0.29, 0.717) is 13.1 Å². The summed E-state index contributed by atoms with van der Waals surface area (Å²) >= 11 is 0. The molecule has 0 aromatic heterocycles. The molecule has 2 nitrogen and oxygen atoms in total. The third-order valence-electron chi connectivity index (χ3n) is 3.87. The first-order chi connectivity index (χ1) is 10.2. The summed E-state index contributed by atoms with van der Waals surface area (Å²) in [5, 5.41) is 0. The Kier molecular flexibility index (Phi) is 5.48. The molecule has 112 valence electrons. The highest BCUT2D eigenvalue weighted by molar-refractivity contribution is 5.30. The number of benzene rings is 2. The zero-order valence-electron chi connectivity index (χ0n) is 12.7. The van der Waals surface area contributed by atoms with Crippen molar-refractivity contribution >= 4 is 0 Å². The summed E-state index contributed by atoms with van der Waals surface area (Å²) in [6.45, 7) is 3.37. The molecule has 0 aliphatic rings. The van der Waals surface area contributed by atoms with Gasteiger partial charge in [0.1, 0.15) is 5.82 Å². The normalized spacial score (nSPS) is 12.6. The molecule has 1 atom stereocenters. The summed E-state index contributed by atoms with van der Waals surface area (Å²) in [5.74, 6) is -0.195. The minimum absolute atomic E-state index is 0.143. The van der Waals surface area contributed by atoms with Crippen LogP contribution in [0.1, 0.15) is 29.7 Å². The fourth-order valence-electron chi connectivity index (χ4n) is 2.76. The predicted molar refractivity (Wildman–Crippen MR) is 85.5 cm³/mol. The minimum Gasteiger partial charge on any atom is -0.329 e. The first-order valence-corrected chi connectivity index (χ1v) is 7.38. The van der Waals surface area contributed by atoms with Gasteiger partial charge in [0.05, 0.1) is 0 Å². The third kappa shape index (κ3) is 3.90. The Morgan fingerprint density at radius 1 is 1.14 bits per heavy atom. The van der Waals surface area contributed by atoms with Crippen LogP contribution in [0.3, 0.4) is 0 Å². The highest BCUT2D eigenvalue weighted by Gasteiger charge is 2.18. The van der Waals surface area contributed by atoms with Gasteiger partial charge in [0, 0.05) is 19.1 Å². The van der Waals surface area contributed by atoms with Crippen molar-refractivity contribution in [2.75, 3.05) is 13.6 Å². The molecular weight excluding hydrogens is 263 g/mol. The van der Waals surface area contributed by atoms with E-state index in [-0.39, 0.29) is 11.9 Å². The highest BCUT2D eigenvalue weighted by atomic mass is 19.1. The topological polar surface area (TPSA) is 29.3 Å². The summed E-state index contributed by atoms with van der Waals surface area (Å²) in [4.78, 5) is 2.18. The second-order valence-corrected chi connectivity index (χ2v) is 5.35. The van der Waals surface area contributed by atoms with E-state index in [0.717, 1.165) is 12.0 Å². The molecule has 2 rings (SSSR count). The smallest absolute Gasteiger partial charge is 0.123 e. The molecule has 2 aromatic carbocycles. The molecule has 21 heavy (non-hydrogen) atoms. The fraction of sp³-hybridized carbons (Fsp3) is 0.333. The largest absolute Gasteiger partial charge is 0.329 e. The number of likely N-dealkylation sites (N-methyl/N-ethyl adjacent to an activating group) is 1. The van der Waals surface area contributed by atoms with E-state index in [9.17, 15) is 4.39 Å². The number of halogens is 1. The minimum atomic E-state index is -0.195. The quantitative estimate of drug-likeness (QED) is 0.880. The van der Waals surface area contributed by atoms with E-state index in [1.54, 1.807) is 12.1 Å². The van der Waals surface area contributed by atoms with Crippen LogP contribution in [0, 0.1) is 5.82 Å². The second kappa shape index (κ2) is 7.34. The molecule has 0 bridgehead atoms. The first-order valence-electron chi connectivity index (χ1n) is 7.38. The predicted octanol–water partition coefficient (Wildman–Crippen LogP) is 3.52. The number of hydrogen-bond acceptors (Lipinski definition) is 2. The van der Waals surface area contributed by atoms with Gasteiger partial charge < -0.3 is 5.73 Å². The van der Waals surface area contributed by atoms with Crippen LogP contribution < -0.4 is 5.73 Å². The molecular formula is C18H23FN2. The molecule has 3 heteroatoms. The van der Waals surface area contributed by atoms with Gasteiger partial charge in [-0.2, -0.15) is 0 Å². The van der Waals surface area contributed by atoms with E-state index >= 15 is 0 Å². The lowest BCUT2D eigenvalue weighted by Gasteiger charge is -2.29. The Hall–Kier alpha value is -1.71. The van der Waals surface area contributed by atoms with Gasteiger partial charge in [-0.3, -0.25) is 4.90 Å². The standard InChI is InChI=1S/C18H23FN2/c1-3-15-8-4-5-10-17(15)18(12-20)21(2)13-14-7-6-9-16(19)11-14/h4-11,18H,3,12-13,20H2,1-2H3. The van der Waals surface area contributed by atoms with Gasteiger partial charge in [0.15, 0.2) is 0 Å². The van der Waals surface area contributed by atoms with Crippen molar-refractivity contribution in [3.8, 4) is 0 Å². The lowest BCUT2D eigenvalue weighted by molar-refractivity contribution is 0.240. The Bertz CT molecular complexity index is 583. The molecule has 0 aliphatic heterocycles. The van der Waals surface area contributed by atoms with E-state index in [4.69, 9.17) is 5.73 Å². The number of aryl methyl sites for hydroxylation is 1. The lowest BCUT2D eigenvalue weighted by Crippen LogP contribution is -2.31. The average molecular weight is 286 g/mol. The monoisotopic (exact) mass is 286 g/mol. The van der Waals surface area contributed by atoms with Crippen molar-refractivity contribution in [3.05, 3.63) is 71.0 Å². The van der Waals surface area contributed by atoms with Crippen LogP contribution in [0.2, 0.25) is 0 Å². The molecule has 0 saturated heterocycles. The van der Waals surface area contributed by atoms with Crippen LogP contribution in [-0.4, -0.2) is 18.5 Å². The zero-order chi connectivity index (χ0) is 15.2. The van der Waals surface area contributed by atoms with Gasteiger partial charge in [-0.1, -0.05) is 43.3 Å². The van der Waals surface area contributed by atoms with Crippen LogP contribution in [0.5, 0.6) is 0 Å². The maximum Gasteiger partial charge on any atom is 0.123 e. The zero-order valence-corrected chi connectivity index (χ0v) is 12.7.